The van der Waals surface area contributed by atoms with Gasteiger partial charge in [0, 0.05) is 19.0 Å². The summed E-state index contributed by atoms with van der Waals surface area (Å²) >= 11 is 0. The van der Waals surface area contributed by atoms with Gasteiger partial charge in [0.15, 0.2) is 5.82 Å². The number of aromatic amines is 1. The minimum atomic E-state index is -4.33. The van der Waals surface area contributed by atoms with Crippen molar-refractivity contribution >= 4 is 0 Å². The number of aromatic nitrogens is 3. The zero-order valence-corrected chi connectivity index (χ0v) is 13.8. The van der Waals surface area contributed by atoms with Crippen molar-refractivity contribution in [2.45, 2.75) is 44.5 Å². The average molecular weight is 354 g/mol. The van der Waals surface area contributed by atoms with Gasteiger partial charge in [-0.3, -0.25) is 5.10 Å². The van der Waals surface area contributed by atoms with Crippen LogP contribution >= 0.6 is 0 Å². The molecule has 1 aliphatic carbocycles. The molecule has 1 aromatic heterocycles. The van der Waals surface area contributed by atoms with Crippen LogP contribution < -0.4 is 5.32 Å². The molecule has 5 nitrogen and oxygen atoms in total. The molecule has 3 N–H and O–H groups in total. The number of aliphatic hydroxyl groups is 1. The lowest BCUT2D eigenvalue weighted by Crippen LogP contribution is -2.27. The number of hydrogen-bond acceptors (Lipinski definition) is 4. The average Bonchev–Trinajstić information content (AvgIpc) is 3.13. The number of H-pyrrole nitrogens is 1. The Bertz CT molecular complexity index is 716. The largest absolute Gasteiger partial charge is 0.416 e. The monoisotopic (exact) mass is 354 g/mol. The van der Waals surface area contributed by atoms with Crippen molar-refractivity contribution in [1.82, 2.24) is 20.5 Å². The molecular weight excluding hydrogens is 333 g/mol. The second-order valence-electron chi connectivity index (χ2n) is 6.60. The highest BCUT2D eigenvalue weighted by Gasteiger charge is 2.35. The molecule has 0 aliphatic heterocycles. The van der Waals surface area contributed by atoms with Crippen LogP contribution in [0.2, 0.25) is 0 Å². The number of aliphatic hydroxyl groups excluding tert-OH is 1. The molecule has 0 bridgehead atoms. The number of rotatable bonds is 5. The van der Waals surface area contributed by atoms with Gasteiger partial charge in [-0.1, -0.05) is 18.2 Å². The summed E-state index contributed by atoms with van der Waals surface area (Å²) in [5, 5.41) is 20.3. The van der Waals surface area contributed by atoms with Gasteiger partial charge in [-0.15, -0.1) is 0 Å². The molecule has 0 saturated heterocycles. The Balaban J connectivity index is 1.52. The molecule has 3 rings (SSSR count). The summed E-state index contributed by atoms with van der Waals surface area (Å²) in [5.41, 5.74) is -0.0730. The standard InChI is InChI=1S/C17H21F3N4O/c1-10-22-16(24-23-10)12-6-13(15(25)7-12)9-21-8-11-3-2-4-14(5-11)17(18,19)20/h2-5,12-13,15,21,25H,6-9H2,1H3,(H,22,23,24)/t12?,13-,15-/m1/s1. The fourth-order valence-corrected chi connectivity index (χ4v) is 3.34. The molecular formula is C17H21F3N4O. The van der Waals surface area contributed by atoms with E-state index in [0.29, 0.717) is 25.1 Å². The van der Waals surface area contributed by atoms with E-state index in [-0.39, 0.29) is 11.8 Å². The topological polar surface area (TPSA) is 73.8 Å². The van der Waals surface area contributed by atoms with Crippen molar-refractivity contribution in [1.29, 1.82) is 0 Å². The minimum Gasteiger partial charge on any atom is -0.393 e. The summed E-state index contributed by atoms with van der Waals surface area (Å²) in [6.07, 6.45) is -3.43. The van der Waals surface area contributed by atoms with Gasteiger partial charge in [-0.25, -0.2) is 4.98 Å². The fourth-order valence-electron chi connectivity index (χ4n) is 3.34. The maximum Gasteiger partial charge on any atom is 0.416 e. The van der Waals surface area contributed by atoms with E-state index < -0.39 is 17.8 Å². The summed E-state index contributed by atoms with van der Waals surface area (Å²) in [5.74, 6) is 1.61. The molecule has 1 heterocycles. The molecule has 8 heteroatoms. The molecule has 0 spiro atoms. The first-order valence-electron chi connectivity index (χ1n) is 8.26. The summed E-state index contributed by atoms with van der Waals surface area (Å²) < 4.78 is 38.2. The van der Waals surface area contributed by atoms with Crippen LogP contribution in [0, 0.1) is 12.8 Å². The van der Waals surface area contributed by atoms with Crippen LogP contribution in [-0.2, 0) is 12.7 Å². The minimum absolute atomic E-state index is 0.0367. The lowest BCUT2D eigenvalue weighted by molar-refractivity contribution is -0.137. The molecule has 1 unspecified atom stereocenters. The Kier molecular flexibility index (Phi) is 5.10. The SMILES string of the molecule is Cc1nc(C2C[C@H](CNCc3cccc(C(F)(F)F)c3)[C@H](O)C2)n[nH]1. The lowest BCUT2D eigenvalue weighted by Gasteiger charge is -2.15. The first-order valence-corrected chi connectivity index (χ1v) is 8.26. The van der Waals surface area contributed by atoms with Crippen LogP contribution in [0.25, 0.3) is 0 Å². The summed E-state index contributed by atoms with van der Waals surface area (Å²) in [6, 6.07) is 5.28. The van der Waals surface area contributed by atoms with Crippen molar-refractivity contribution < 1.29 is 18.3 Å². The van der Waals surface area contributed by atoms with E-state index in [1.165, 1.54) is 6.07 Å². The van der Waals surface area contributed by atoms with E-state index in [0.717, 1.165) is 30.2 Å². The molecule has 1 aromatic carbocycles. The van der Waals surface area contributed by atoms with Gasteiger partial charge < -0.3 is 10.4 Å². The van der Waals surface area contributed by atoms with Gasteiger partial charge in [0.1, 0.15) is 5.82 Å². The van der Waals surface area contributed by atoms with E-state index in [4.69, 9.17) is 0 Å². The van der Waals surface area contributed by atoms with Crippen LogP contribution in [0.15, 0.2) is 24.3 Å². The van der Waals surface area contributed by atoms with E-state index >= 15 is 0 Å². The van der Waals surface area contributed by atoms with Crippen molar-refractivity contribution in [3.63, 3.8) is 0 Å². The first-order chi connectivity index (χ1) is 11.8. The number of benzene rings is 1. The normalized spacial score (nSPS) is 24.0. The second-order valence-corrected chi connectivity index (χ2v) is 6.60. The maximum atomic E-state index is 12.7. The number of nitrogens with zero attached hydrogens (tertiary/aromatic N) is 2. The number of aryl methyl sites for hydroxylation is 1. The highest BCUT2D eigenvalue weighted by Crippen LogP contribution is 2.36. The zero-order valence-electron chi connectivity index (χ0n) is 13.8. The quantitative estimate of drug-likeness (QED) is 0.772. The van der Waals surface area contributed by atoms with E-state index in [1.807, 2.05) is 6.92 Å². The van der Waals surface area contributed by atoms with E-state index in [9.17, 15) is 18.3 Å². The van der Waals surface area contributed by atoms with Crippen LogP contribution in [0.4, 0.5) is 13.2 Å². The third-order valence-corrected chi connectivity index (χ3v) is 4.63. The zero-order chi connectivity index (χ0) is 18.0. The van der Waals surface area contributed by atoms with E-state index in [1.54, 1.807) is 6.07 Å². The van der Waals surface area contributed by atoms with Crippen LogP contribution in [0.1, 0.15) is 41.5 Å². The highest BCUT2D eigenvalue weighted by atomic mass is 19.4. The fraction of sp³-hybridized carbons (Fsp3) is 0.529. The highest BCUT2D eigenvalue weighted by molar-refractivity contribution is 5.25. The summed E-state index contributed by atoms with van der Waals surface area (Å²) in [6.45, 7) is 2.70. The molecule has 3 atom stereocenters. The first kappa shape index (κ1) is 17.9. The molecule has 1 fully saturated rings. The smallest absolute Gasteiger partial charge is 0.393 e. The Morgan fingerprint density at radius 2 is 2.12 bits per heavy atom. The Morgan fingerprint density at radius 3 is 2.80 bits per heavy atom. The number of hydrogen-bond donors (Lipinski definition) is 3. The van der Waals surface area contributed by atoms with Gasteiger partial charge in [-0.2, -0.15) is 18.3 Å². The maximum absolute atomic E-state index is 12.7. The Labute approximate surface area is 143 Å². The predicted octanol–water partition coefficient (Wildman–Crippen LogP) is 2.78. The number of halogens is 3. The summed E-state index contributed by atoms with van der Waals surface area (Å²) in [4.78, 5) is 4.32. The van der Waals surface area contributed by atoms with Crippen molar-refractivity contribution in [3.8, 4) is 0 Å². The molecule has 0 radical (unpaired) electrons. The van der Waals surface area contributed by atoms with Crippen LogP contribution in [0.3, 0.4) is 0 Å². The molecule has 1 saturated carbocycles. The number of nitrogens with one attached hydrogen (secondary N) is 2. The number of alkyl halides is 3. The van der Waals surface area contributed by atoms with Gasteiger partial charge in [0.25, 0.3) is 0 Å². The second kappa shape index (κ2) is 7.13. The van der Waals surface area contributed by atoms with Gasteiger partial charge >= 0.3 is 6.18 Å². The molecule has 1 aliphatic rings. The molecule has 2 aromatic rings. The van der Waals surface area contributed by atoms with Gasteiger partial charge in [0.05, 0.1) is 11.7 Å². The van der Waals surface area contributed by atoms with E-state index in [2.05, 4.69) is 20.5 Å². The molecule has 0 amide bonds. The lowest BCUT2D eigenvalue weighted by atomic mass is 10.0. The molecule has 25 heavy (non-hydrogen) atoms. The third-order valence-electron chi connectivity index (χ3n) is 4.63. The predicted molar refractivity (Wildman–Crippen MR) is 85.7 cm³/mol. The third kappa shape index (κ3) is 4.38. The van der Waals surface area contributed by atoms with Gasteiger partial charge in [-0.05, 0) is 37.3 Å². The van der Waals surface area contributed by atoms with Crippen LogP contribution in [-0.4, -0.2) is 32.9 Å². The Hall–Kier alpha value is -1.93. The summed E-state index contributed by atoms with van der Waals surface area (Å²) in [7, 11) is 0. The van der Waals surface area contributed by atoms with Crippen molar-refractivity contribution in [2.24, 2.45) is 5.92 Å². The Morgan fingerprint density at radius 1 is 1.32 bits per heavy atom. The van der Waals surface area contributed by atoms with Crippen molar-refractivity contribution in [3.05, 3.63) is 47.0 Å². The molecule has 136 valence electrons. The van der Waals surface area contributed by atoms with Crippen molar-refractivity contribution in [2.75, 3.05) is 6.54 Å². The van der Waals surface area contributed by atoms with Gasteiger partial charge in [0.2, 0.25) is 0 Å². The van der Waals surface area contributed by atoms with Crippen LogP contribution in [0.5, 0.6) is 0 Å².